The molecule has 4 nitrogen and oxygen atoms in total. The van der Waals surface area contributed by atoms with Crippen molar-refractivity contribution in [3.8, 4) is 0 Å². The molecule has 2 amide bonds. The normalized spacial score (nSPS) is 25.6. The first kappa shape index (κ1) is 14.3. The molecule has 0 saturated carbocycles. The van der Waals surface area contributed by atoms with Gasteiger partial charge in [0, 0.05) is 24.6 Å². The van der Waals surface area contributed by atoms with Crippen LogP contribution in [0.4, 0.5) is 10.1 Å². The Morgan fingerprint density at radius 1 is 1.33 bits per heavy atom. The summed E-state index contributed by atoms with van der Waals surface area (Å²) in [5.74, 6) is -1.97. The van der Waals surface area contributed by atoms with Crippen molar-refractivity contribution in [2.45, 2.75) is 38.1 Å². The maximum absolute atomic E-state index is 14.5. The minimum Gasteiger partial charge on any atom is -0.367 e. The van der Waals surface area contributed by atoms with Gasteiger partial charge in [-0.05, 0) is 25.8 Å². The Hall–Kier alpha value is -1.62. The SMILES string of the molecule is CC1CCN1c1ccc(C2CCC(=O)NC2=O)c(F)c1Cl. The van der Waals surface area contributed by atoms with Crippen molar-refractivity contribution in [2.24, 2.45) is 0 Å². The number of anilines is 1. The number of piperidine rings is 1. The number of carbonyl (C=O) groups excluding carboxylic acids is 2. The molecular formula is C15H16ClFN2O2. The number of rotatable bonds is 2. The molecule has 2 fully saturated rings. The Balaban J connectivity index is 1.92. The van der Waals surface area contributed by atoms with Crippen LogP contribution in [0.5, 0.6) is 0 Å². The van der Waals surface area contributed by atoms with Crippen molar-refractivity contribution >= 4 is 29.1 Å². The minimum absolute atomic E-state index is 0.0590. The van der Waals surface area contributed by atoms with Gasteiger partial charge < -0.3 is 4.90 Å². The van der Waals surface area contributed by atoms with Gasteiger partial charge in [-0.15, -0.1) is 0 Å². The molecular weight excluding hydrogens is 295 g/mol. The largest absolute Gasteiger partial charge is 0.367 e. The van der Waals surface area contributed by atoms with Crippen LogP contribution in [0, 0.1) is 5.82 Å². The highest BCUT2D eigenvalue weighted by Crippen LogP contribution is 2.38. The average molecular weight is 311 g/mol. The van der Waals surface area contributed by atoms with Crippen molar-refractivity contribution < 1.29 is 14.0 Å². The van der Waals surface area contributed by atoms with Gasteiger partial charge in [0.25, 0.3) is 0 Å². The zero-order valence-corrected chi connectivity index (χ0v) is 12.4. The van der Waals surface area contributed by atoms with Gasteiger partial charge in [-0.25, -0.2) is 4.39 Å². The molecule has 2 saturated heterocycles. The Kier molecular flexibility index (Phi) is 3.61. The molecule has 3 rings (SSSR count). The Bertz CT molecular complexity index is 620. The summed E-state index contributed by atoms with van der Waals surface area (Å²) in [5, 5.41) is 2.30. The number of nitrogens with zero attached hydrogens (tertiary/aromatic N) is 1. The van der Waals surface area contributed by atoms with E-state index >= 15 is 0 Å². The molecule has 112 valence electrons. The zero-order valence-electron chi connectivity index (χ0n) is 11.7. The van der Waals surface area contributed by atoms with Crippen LogP contribution in [-0.4, -0.2) is 24.4 Å². The number of nitrogens with one attached hydrogen (secondary N) is 1. The van der Waals surface area contributed by atoms with Crippen LogP contribution in [0.25, 0.3) is 0 Å². The predicted molar refractivity (Wildman–Crippen MR) is 78.0 cm³/mol. The maximum Gasteiger partial charge on any atom is 0.234 e. The second-order valence-electron chi connectivity index (χ2n) is 5.64. The third kappa shape index (κ3) is 2.39. The van der Waals surface area contributed by atoms with Crippen molar-refractivity contribution in [1.29, 1.82) is 0 Å². The van der Waals surface area contributed by atoms with Gasteiger partial charge in [0.15, 0.2) is 0 Å². The molecule has 1 aromatic carbocycles. The van der Waals surface area contributed by atoms with Crippen LogP contribution in [0.2, 0.25) is 5.02 Å². The van der Waals surface area contributed by atoms with E-state index in [4.69, 9.17) is 11.6 Å². The number of benzene rings is 1. The van der Waals surface area contributed by atoms with Gasteiger partial charge in [-0.3, -0.25) is 14.9 Å². The number of carbonyl (C=O) groups is 2. The smallest absolute Gasteiger partial charge is 0.234 e. The predicted octanol–water partition coefficient (Wildman–Crippen LogP) is 2.60. The summed E-state index contributed by atoms with van der Waals surface area (Å²) < 4.78 is 14.5. The fourth-order valence-corrected chi connectivity index (χ4v) is 3.19. The molecule has 2 heterocycles. The van der Waals surface area contributed by atoms with Gasteiger partial charge in [-0.2, -0.15) is 0 Å². The average Bonchev–Trinajstić information content (AvgIpc) is 2.43. The summed E-state index contributed by atoms with van der Waals surface area (Å²) >= 11 is 6.15. The van der Waals surface area contributed by atoms with E-state index < -0.39 is 17.6 Å². The first-order valence-electron chi connectivity index (χ1n) is 7.07. The van der Waals surface area contributed by atoms with Crippen molar-refractivity contribution in [3.05, 3.63) is 28.5 Å². The monoisotopic (exact) mass is 310 g/mol. The van der Waals surface area contributed by atoms with Crippen LogP contribution < -0.4 is 10.2 Å². The third-order valence-corrected chi connectivity index (χ3v) is 4.70. The minimum atomic E-state index is -0.650. The highest BCUT2D eigenvalue weighted by molar-refractivity contribution is 6.33. The molecule has 2 atom stereocenters. The standard InChI is InChI=1S/C15H16ClFN2O2/c1-8-6-7-19(8)11-4-2-9(14(17)13(11)16)10-3-5-12(20)18-15(10)21/h2,4,8,10H,3,5-7H2,1H3,(H,18,20,21). The molecule has 0 bridgehead atoms. The molecule has 1 N–H and O–H groups in total. The molecule has 0 spiro atoms. The molecule has 0 radical (unpaired) electrons. The lowest BCUT2D eigenvalue weighted by Crippen LogP contribution is -2.46. The summed E-state index contributed by atoms with van der Waals surface area (Å²) in [5.41, 5.74) is 0.936. The van der Waals surface area contributed by atoms with E-state index in [1.165, 1.54) is 0 Å². The van der Waals surface area contributed by atoms with Gasteiger partial charge >= 0.3 is 0 Å². The number of amides is 2. The summed E-state index contributed by atoms with van der Waals surface area (Å²) in [6.45, 7) is 2.92. The van der Waals surface area contributed by atoms with E-state index in [2.05, 4.69) is 12.2 Å². The van der Waals surface area contributed by atoms with Crippen LogP contribution in [0.3, 0.4) is 0 Å². The second-order valence-corrected chi connectivity index (χ2v) is 6.01. The zero-order chi connectivity index (χ0) is 15.1. The van der Waals surface area contributed by atoms with Gasteiger partial charge in [0.2, 0.25) is 11.8 Å². The number of halogens is 2. The van der Waals surface area contributed by atoms with Crippen LogP contribution >= 0.6 is 11.6 Å². The quantitative estimate of drug-likeness (QED) is 0.854. The molecule has 2 aliphatic heterocycles. The molecule has 0 aliphatic carbocycles. The number of imide groups is 1. The Morgan fingerprint density at radius 2 is 2.10 bits per heavy atom. The van der Waals surface area contributed by atoms with E-state index in [1.54, 1.807) is 12.1 Å². The summed E-state index contributed by atoms with van der Waals surface area (Å²) in [4.78, 5) is 25.1. The third-order valence-electron chi connectivity index (χ3n) is 4.34. The molecule has 1 aromatic rings. The van der Waals surface area contributed by atoms with Gasteiger partial charge in [-0.1, -0.05) is 17.7 Å². The van der Waals surface area contributed by atoms with Crippen molar-refractivity contribution in [1.82, 2.24) is 5.32 Å². The fourth-order valence-electron chi connectivity index (χ4n) is 2.91. The fraction of sp³-hybridized carbons (Fsp3) is 0.467. The molecule has 0 aromatic heterocycles. The Labute approximate surface area is 127 Å². The van der Waals surface area contributed by atoms with Crippen molar-refractivity contribution in [2.75, 3.05) is 11.4 Å². The van der Waals surface area contributed by atoms with Crippen LogP contribution in [0.15, 0.2) is 12.1 Å². The van der Waals surface area contributed by atoms with Gasteiger partial charge in [0.05, 0.1) is 16.6 Å². The first-order chi connectivity index (χ1) is 9.99. The highest BCUT2D eigenvalue weighted by atomic mass is 35.5. The molecule has 2 unspecified atom stereocenters. The van der Waals surface area contributed by atoms with E-state index in [9.17, 15) is 14.0 Å². The van der Waals surface area contributed by atoms with Crippen LogP contribution in [0.1, 0.15) is 37.7 Å². The molecule has 21 heavy (non-hydrogen) atoms. The Morgan fingerprint density at radius 3 is 2.67 bits per heavy atom. The molecule has 6 heteroatoms. The number of hydrogen-bond donors (Lipinski definition) is 1. The van der Waals surface area contributed by atoms with E-state index in [1.807, 2.05) is 4.90 Å². The summed E-state index contributed by atoms with van der Waals surface area (Å²) in [7, 11) is 0. The first-order valence-corrected chi connectivity index (χ1v) is 7.45. The summed E-state index contributed by atoms with van der Waals surface area (Å²) in [6.07, 6.45) is 1.60. The topological polar surface area (TPSA) is 49.4 Å². The van der Waals surface area contributed by atoms with Crippen molar-refractivity contribution in [3.63, 3.8) is 0 Å². The number of hydrogen-bond acceptors (Lipinski definition) is 3. The maximum atomic E-state index is 14.5. The lowest BCUT2D eigenvalue weighted by molar-refractivity contribution is -0.134. The van der Waals surface area contributed by atoms with Gasteiger partial charge in [0.1, 0.15) is 5.82 Å². The summed E-state index contributed by atoms with van der Waals surface area (Å²) in [6, 6.07) is 3.73. The van der Waals surface area contributed by atoms with E-state index in [0.717, 1.165) is 13.0 Å². The van der Waals surface area contributed by atoms with E-state index in [-0.39, 0.29) is 22.9 Å². The molecule has 2 aliphatic rings. The van der Waals surface area contributed by atoms with Crippen LogP contribution in [-0.2, 0) is 9.59 Å². The second kappa shape index (κ2) is 5.30. The lowest BCUT2D eigenvalue weighted by Gasteiger charge is -2.41. The van der Waals surface area contributed by atoms with E-state index in [0.29, 0.717) is 18.2 Å². The highest BCUT2D eigenvalue weighted by Gasteiger charge is 2.33. The lowest BCUT2D eigenvalue weighted by atomic mass is 9.89.